The zero-order valence-electron chi connectivity index (χ0n) is 15.5. The number of ether oxygens (including phenoxy) is 1. The molecular weight excluding hydrogens is 376 g/mol. The van der Waals surface area contributed by atoms with Crippen LogP contribution >= 0.6 is 0 Å². The smallest absolute Gasteiger partial charge is 0.175 e. The van der Waals surface area contributed by atoms with Crippen molar-refractivity contribution in [1.29, 1.82) is 0 Å². The second kappa shape index (κ2) is 7.13. The van der Waals surface area contributed by atoms with Gasteiger partial charge in [0.15, 0.2) is 23.1 Å². The number of ketones is 2. The summed E-state index contributed by atoms with van der Waals surface area (Å²) in [4.78, 5) is 25.5. The fourth-order valence-electron chi connectivity index (χ4n) is 3.62. The van der Waals surface area contributed by atoms with E-state index in [1.165, 1.54) is 6.07 Å². The lowest BCUT2D eigenvalue weighted by Gasteiger charge is -2.15. The highest BCUT2D eigenvalue weighted by atomic mass is 19.1. The predicted molar refractivity (Wildman–Crippen MR) is 105 cm³/mol. The van der Waals surface area contributed by atoms with Crippen LogP contribution in [0.2, 0.25) is 0 Å². The molecule has 0 bridgehead atoms. The highest BCUT2D eigenvalue weighted by molar-refractivity contribution is 6.28. The fourth-order valence-corrected chi connectivity index (χ4v) is 3.62. The molecule has 29 heavy (non-hydrogen) atoms. The molecule has 3 aromatic carbocycles. The molecule has 0 saturated carbocycles. The van der Waals surface area contributed by atoms with Crippen LogP contribution in [-0.2, 0) is 0 Å². The Labute approximate surface area is 165 Å². The lowest BCUT2D eigenvalue weighted by atomic mass is 9.94. The van der Waals surface area contributed by atoms with E-state index in [4.69, 9.17) is 10.5 Å². The Bertz CT molecular complexity index is 1160. The molecule has 146 valence electrons. The molecule has 0 amide bonds. The summed E-state index contributed by atoms with van der Waals surface area (Å²) in [6, 6.07) is 12.7. The molecular formula is C23H17F2NO3. The minimum Gasteiger partial charge on any atom is -0.454 e. The molecule has 0 radical (unpaired) electrons. The van der Waals surface area contributed by atoms with Gasteiger partial charge >= 0.3 is 0 Å². The molecule has 0 aromatic heterocycles. The van der Waals surface area contributed by atoms with Crippen molar-refractivity contribution in [3.8, 4) is 22.6 Å². The molecule has 1 aliphatic rings. The van der Waals surface area contributed by atoms with Gasteiger partial charge in [0.05, 0.1) is 5.92 Å². The van der Waals surface area contributed by atoms with Gasteiger partial charge in [-0.1, -0.05) is 25.1 Å². The maximum absolute atomic E-state index is 14.1. The highest BCUT2D eigenvalue weighted by Gasteiger charge is 2.39. The number of hydrogen-bond acceptors (Lipinski definition) is 4. The van der Waals surface area contributed by atoms with E-state index in [0.717, 1.165) is 12.1 Å². The molecule has 0 saturated heterocycles. The van der Waals surface area contributed by atoms with Crippen LogP contribution in [0.5, 0.6) is 11.5 Å². The summed E-state index contributed by atoms with van der Waals surface area (Å²) in [5.74, 6) is -2.66. The van der Waals surface area contributed by atoms with Crippen LogP contribution in [0.4, 0.5) is 14.5 Å². The Hall–Kier alpha value is -3.54. The lowest BCUT2D eigenvalue weighted by molar-refractivity contribution is 0.0836. The maximum atomic E-state index is 14.1. The molecule has 1 unspecified atom stereocenters. The van der Waals surface area contributed by atoms with Crippen LogP contribution in [0.25, 0.3) is 11.1 Å². The van der Waals surface area contributed by atoms with Gasteiger partial charge in [0.25, 0.3) is 0 Å². The number of fused-ring (bicyclic) bond motifs is 1. The van der Waals surface area contributed by atoms with Crippen LogP contribution in [0.3, 0.4) is 0 Å². The zero-order chi connectivity index (χ0) is 20.7. The van der Waals surface area contributed by atoms with Gasteiger partial charge in [-0.25, -0.2) is 8.78 Å². The number of carbonyl (C=O) groups is 2. The number of hydrogen-bond donors (Lipinski definition) is 1. The highest BCUT2D eigenvalue weighted by Crippen LogP contribution is 2.41. The van der Waals surface area contributed by atoms with Gasteiger partial charge < -0.3 is 10.5 Å². The third kappa shape index (κ3) is 3.16. The minimum atomic E-state index is -0.858. The SMILES string of the molecule is CCC1C(=O)c2cccc(-c3cc(N)ccc3Oc3ccc(F)cc3F)c2C1=O. The number of halogens is 2. The largest absolute Gasteiger partial charge is 0.454 e. The lowest BCUT2D eigenvalue weighted by Crippen LogP contribution is -2.13. The Balaban J connectivity index is 1.87. The van der Waals surface area contributed by atoms with Crippen molar-refractivity contribution in [3.05, 3.63) is 77.4 Å². The van der Waals surface area contributed by atoms with Gasteiger partial charge in [-0.2, -0.15) is 0 Å². The molecule has 0 aliphatic heterocycles. The first-order valence-electron chi connectivity index (χ1n) is 9.15. The normalized spacial score (nSPS) is 15.5. The van der Waals surface area contributed by atoms with Crippen molar-refractivity contribution >= 4 is 17.3 Å². The van der Waals surface area contributed by atoms with Crippen molar-refractivity contribution in [2.45, 2.75) is 13.3 Å². The fraction of sp³-hybridized carbons (Fsp3) is 0.130. The Morgan fingerprint density at radius 1 is 0.897 bits per heavy atom. The van der Waals surface area contributed by atoms with E-state index in [1.807, 2.05) is 0 Å². The van der Waals surface area contributed by atoms with Crippen LogP contribution in [0, 0.1) is 17.6 Å². The Kier molecular flexibility index (Phi) is 4.62. The first-order chi connectivity index (χ1) is 13.9. The first kappa shape index (κ1) is 18.8. The quantitative estimate of drug-likeness (QED) is 0.475. The summed E-state index contributed by atoms with van der Waals surface area (Å²) in [5.41, 5.74) is 7.96. The van der Waals surface area contributed by atoms with E-state index in [1.54, 1.807) is 43.3 Å². The summed E-state index contributed by atoms with van der Waals surface area (Å²) >= 11 is 0. The molecule has 1 atom stereocenters. The maximum Gasteiger partial charge on any atom is 0.175 e. The van der Waals surface area contributed by atoms with Crippen molar-refractivity contribution in [2.24, 2.45) is 5.92 Å². The standard InChI is InChI=1S/C23H17F2NO3/c1-2-14-22(27)16-5-3-4-15(21(16)23(14)28)17-11-13(26)7-9-19(17)29-20-8-6-12(24)10-18(20)25/h3-11,14H,2,26H2,1H3. The summed E-state index contributed by atoms with van der Waals surface area (Å²) < 4.78 is 33.0. The van der Waals surface area contributed by atoms with Gasteiger partial charge in [-0.15, -0.1) is 0 Å². The van der Waals surface area contributed by atoms with Crippen molar-refractivity contribution in [1.82, 2.24) is 0 Å². The van der Waals surface area contributed by atoms with E-state index in [-0.39, 0.29) is 23.1 Å². The average Bonchev–Trinajstić information content (AvgIpc) is 2.95. The molecule has 1 aliphatic carbocycles. The summed E-state index contributed by atoms with van der Waals surface area (Å²) in [5, 5.41) is 0. The summed E-state index contributed by atoms with van der Waals surface area (Å²) in [7, 11) is 0. The second-order valence-corrected chi connectivity index (χ2v) is 6.85. The molecule has 4 nitrogen and oxygen atoms in total. The Morgan fingerprint density at radius 2 is 1.62 bits per heavy atom. The molecule has 3 aromatic rings. The molecule has 4 rings (SSSR count). The van der Waals surface area contributed by atoms with E-state index in [9.17, 15) is 18.4 Å². The number of anilines is 1. The molecule has 0 heterocycles. The minimum absolute atomic E-state index is 0.168. The predicted octanol–water partition coefficient (Wildman–Crippen LogP) is 5.41. The van der Waals surface area contributed by atoms with E-state index in [2.05, 4.69) is 0 Å². The van der Waals surface area contributed by atoms with Gasteiger partial charge in [0, 0.05) is 28.4 Å². The van der Waals surface area contributed by atoms with Crippen molar-refractivity contribution in [3.63, 3.8) is 0 Å². The molecule has 2 N–H and O–H groups in total. The van der Waals surface area contributed by atoms with Gasteiger partial charge in [0.1, 0.15) is 11.6 Å². The number of Topliss-reactive ketones (excluding diaryl/α,β-unsaturated/α-hetero) is 2. The van der Waals surface area contributed by atoms with Gasteiger partial charge in [-0.05, 0) is 42.3 Å². The average molecular weight is 393 g/mol. The number of carbonyl (C=O) groups excluding carboxylic acids is 2. The summed E-state index contributed by atoms with van der Waals surface area (Å²) in [6.07, 6.45) is 0.410. The molecule has 0 fully saturated rings. The number of rotatable bonds is 4. The third-order valence-corrected chi connectivity index (χ3v) is 5.03. The van der Waals surface area contributed by atoms with E-state index < -0.39 is 17.6 Å². The van der Waals surface area contributed by atoms with Crippen LogP contribution < -0.4 is 10.5 Å². The van der Waals surface area contributed by atoms with Crippen molar-refractivity contribution < 1.29 is 23.1 Å². The second-order valence-electron chi connectivity index (χ2n) is 6.85. The third-order valence-electron chi connectivity index (χ3n) is 5.03. The monoisotopic (exact) mass is 393 g/mol. The number of nitrogen functional groups attached to an aromatic ring is 1. The van der Waals surface area contributed by atoms with E-state index >= 15 is 0 Å². The zero-order valence-corrected chi connectivity index (χ0v) is 15.5. The Morgan fingerprint density at radius 3 is 2.34 bits per heavy atom. The van der Waals surface area contributed by atoms with Crippen LogP contribution in [0.15, 0.2) is 54.6 Å². The number of nitrogens with two attached hydrogens (primary N) is 1. The van der Waals surface area contributed by atoms with E-state index in [0.29, 0.717) is 34.4 Å². The van der Waals surface area contributed by atoms with Gasteiger partial charge in [0.2, 0.25) is 0 Å². The van der Waals surface area contributed by atoms with Crippen molar-refractivity contribution in [2.75, 3.05) is 5.73 Å². The topological polar surface area (TPSA) is 69.4 Å². The molecule has 0 spiro atoms. The molecule has 6 heteroatoms. The van der Waals surface area contributed by atoms with Crippen LogP contribution in [-0.4, -0.2) is 11.6 Å². The first-order valence-corrected chi connectivity index (χ1v) is 9.15. The van der Waals surface area contributed by atoms with Gasteiger partial charge in [-0.3, -0.25) is 9.59 Å². The number of benzene rings is 3. The van der Waals surface area contributed by atoms with Crippen LogP contribution in [0.1, 0.15) is 34.1 Å². The summed E-state index contributed by atoms with van der Waals surface area (Å²) in [6.45, 7) is 1.79.